The topological polar surface area (TPSA) is 63.2 Å². The first-order valence-corrected chi connectivity index (χ1v) is 8.34. The average molecular weight is 325 g/mol. The molecular weight excluding hydrogens is 302 g/mol. The van der Waals surface area contributed by atoms with Gasteiger partial charge in [0.15, 0.2) is 0 Å². The highest BCUT2D eigenvalue weighted by Crippen LogP contribution is 2.29. The molecule has 5 heteroatoms. The Morgan fingerprint density at radius 1 is 1.17 bits per heavy atom. The second-order valence-electron chi connectivity index (χ2n) is 6.28. The first-order valence-electron chi connectivity index (χ1n) is 8.34. The van der Waals surface area contributed by atoms with Gasteiger partial charge in [-0.15, -0.1) is 0 Å². The van der Waals surface area contributed by atoms with Gasteiger partial charge in [-0.25, -0.2) is 9.78 Å². The molecule has 2 amide bonds. The molecule has 5 nitrogen and oxygen atoms in total. The van der Waals surface area contributed by atoms with Crippen molar-refractivity contribution in [1.82, 2.24) is 15.6 Å². The van der Waals surface area contributed by atoms with Crippen LogP contribution < -0.4 is 15.4 Å². The van der Waals surface area contributed by atoms with E-state index >= 15 is 0 Å². The second-order valence-corrected chi connectivity index (χ2v) is 6.28. The lowest BCUT2D eigenvalue weighted by atomic mass is 10.1. The summed E-state index contributed by atoms with van der Waals surface area (Å²) in [7, 11) is 0. The lowest BCUT2D eigenvalue weighted by Gasteiger charge is -2.09. The predicted molar refractivity (Wildman–Crippen MR) is 92.7 cm³/mol. The standard InChI is InChI=1S/C19H23N3O2/c1-14-3-2-4-16(9-14)10-21-19(23)22-12-17-7-8-18(20-11-17)24-13-15-5-6-15/h2-4,7-9,11,15H,5-6,10,12-13H2,1H3,(H2,21,22,23). The Kier molecular flexibility index (Phi) is 5.31. The number of pyridine rings is 1. The van der Waals surface area contributed by atoms with Gasteiger partial charge in [-0.3, -0.25) is 0 Å². The normalized spacial score (nSPS) is 13.4. The van der Waals surface area contributed by atoms with Gasteiger partial charge in [0.2, 0.25) is 5.88 Å². The molecule has 0 radical (unpaired) electrons. The van der Waals surface area contributed by atoms with Crippen molar-refractivity contribution in [3.05, 3.63) is 59.3 Å². The molecule has 1 aromatic heterocycles. The molecule has 1 saturated carbocycles. The average Bonchev–Trinajstić information content (AvgIpc) is 3.42. The van der Waals surface area contributed by atoms with Gasteiger partial charge < -0.3 is 15.4 Å². The minimum atomic E-state index is -0.189. The second kappa shape index (κ2) is 7.81. The first kappa shape index (κ1) is 16.3. The Hall–Kier alpha value is -2.56. The molecule has 1 fully saturated rings. The summed E-state index contributed by atoms with van der Waals surface area (Å²) in [5.41, 5.74) is 3.22. The summed E-state index contributed by atoms with van der Waals surface area (Å²) < 4.78 is 5.60. The van der Waals surface area contributed by atoms with Crippen molar-refractivity contribution in [1.29, 1.82) is 0 Å². The van der Waals surface area contributed by atoms with E-state index < -0.39 is 0 Å². The number of carbonyl (C=O) groups excluding carboxylic acids is 1. The fourth-order valence-corrected chi connectivity index (χ4v) is 2.34. The number of rotatable bonds is 7. The molecule has 0 spiro atoms. The van der Waals surface area contributed by atoms with Gasteiger partial charge >= 0.3 is 6.03 Å². The van der Waals surface area contributed by atoms with Crippen LogP contribution in [0.25, 0.3) is 0 Å². The van der Waals surface area contributed by atoms with Gasteiger partial charge in [-0.2, -0.15) is 0 Å². The number of aromatic nitrogens is 1. The predicted octanol–water partition coefficient (Wildman–Crippen LogP) is 3.18. The van der Waals surface area contributed by atoms with E-state index in [4.69, 9.17) is 4.74 Å². The van der Waals surface area contributed by atoms with Crippen molar-refractivity contribution in [3.8, 4) is 5.88 Å². The molecule has 1 aliphatic carbocycles. The van der Waals surface area contributed by atoms with E-state index in [1.807, 2.05) is 37.3 Å². The van der Waals surface area contributed by atoms with Crippen LogP contribution in [0, 0.1) is 12.8 Å². The molecule has 1 heterocycles. The molecule has 0 aliphatic heterocycles. The summed E-state index contributed by atoms with van der Waals surface area (Å²) in [6.07, 6.45) is 4.27. The Morgan fingerprint density at radius 3 is 2.62 bits per heavy atom. The largest absolute Gasteiger partial charge is 0.477 e. The van der Waals surface area contributed by atoms with E-state index in [0.29, 0.717) is 24.9 Å². The van der Waals surface area contributed by atoms with Crippen LogP contribution in [0.2, 0.25) is 0 Å². The molecule has 2 N–H and O–H groups in total. The van der Waals surface area contributed by atoms with Crippen LogP contribution in [-0.4, -0.2) is 17.6 Å². The van der Waals surface area contributed by atoms with Crippen molar-refractivity contribution in [2.45, 2.75) is 32.9 Å². The maximum atomic E-state index is 11.9. The van der Waals surface area contributed by atoms with Gasteiger partial charge in [-0.1, -0.05) is 35.9 Å². The number of hydrogen-bond donors (Lipinski definition) is 2. The summed E-state index contributed by atoms with van der Waals surface area (Å²) >= 11 is 0. The quantitative estimate of drug-likeness (QED) is 0.822. The molecule has 24 heavy (non-hydrogen) atoms. The molecule has 0 atom stereocenters. The molecule has 126 valence electrons. The van der Waals surface area contributed by atoms with Crippen molar-refractivity contribution in [2.75, 3.05) is 6.61 Å². The van der Waals surface area contributed by atoms with Crippen LogP contribution in [0.3, 0.4) is 0 Å². The summed E-state index contributed by atoms with van der Waals surface area (Å²) in [6, 6.07) is 11.7. The SMILES string of the molecule is Cc1cccc(CNC(=O)NCc2ccc(OCC3CC3)nc2)c1. The smallest absolute Gasteiger partial charge is 0.315 e. The number of nitrogens with one attached hydrogen (secondary N) is 2. The summed E-state index contributed by atoms with van der Waals surface area (Å²) in [6.45, 7) is 3.75. The van der Waals surface area contributed by atoms with Gasteiger partial charge in [0.25, 0.3) is 0 Å². The zero-order valence-corrected chi connectivity index (χ0v) is 13.9. The number of benzene rings is 1. The van der Waals surface area contributed by atoms with Crippen molar-refractivity contribution in [3.63, 3.8) is 0 Å². The van der Waals surface area contributed by atoms with Crippen molar-refractivity contribution >= 4 is 6.03 Å². The number of aryl methyl sites for hydroxylation is 1. The minimum absolute atomic E-state index is 0.189. The fourth-order valence-electron chi connectivity index (χ4n) is 2.34. The van der Waals surface area contributed by atoms with E-state index in [1.165, 1.54) is 18.4 Å². The lowest BCUT2D eigenvalue weighted by Crippen LogP contribution is -2.34. The molecular formula is C19H23N3O2. The maximum Gasteiger partial charge on any atom is 0.315 e. The Balaban J connectivity index is 1.38. The van der Waals surface area contributed by atoms with Crippen molar-refractivity contribution < 1.29 is 9.53 Å². The van der Waals surface area contributed by atoms with Crippen LogP contribution in [0.1, 0.15) is 29.5 Å². The zero-order valence-electron chi connectivity index (χ0n) is 13.9. The van der Waals surface area contributed by atoms with Gasteiger partial charge in [0, 0.05) is 25.4 Å². The maximum absolute atomic E-state index is 11.9. The number of amides is 2. The van der Waals surface area contributed by atoms with Crippen LogP contribution >= 0.6 is 0 Å². The number of ether oxygens (including phenoxy) is 1. The van der Waals surface area contributed by atoms with Gasteiger partial charge in [0.05, 0.1) is 6.61 Å². The number of carbonyl (C=O) groups is 1. The monoisotopic (exact) mass is 325 g/mol. The molecule has 1 aromatic carbocycles. The molecule has 3 rings (SSSR count). The number of hydrogen-bond acceptors (Lipinski definition) is 3. The van der Waals surface area contributed by atoms with E-state index in [2.05, 4.69) is 21.7 Å². The first-order chi connectivity index (χ1) is 11.7. The third-order valence-electron chi connectivity index (χ3n) is 3.95. The third kappa shape index (κ3) is 5.26. The van der Waals surface area contributed by atoms with E-state index in [-0.39, 0.29) is 6.03 Å². The molecule has 0 saturated heterocycles. The third-order valence-corrected chi connectivity index (χ3v) is 3.95. The molecule has 1 aliphatic rings. The molecule has 0 unspecified atom stereocenters. The van der Waals surface area contributed by atoms with Crippen LogP contribution in [0.4, 0.5) is 4.79 Å². The van der Waals surface area contributed by atoms with E-state index in [0.717, 1.165) is 17.7 Å². The van der Waals surface area contributed by atoms with Crippen LogP contribution in [0.5, 0.6) is 5.88 Å². The minimum Gasteiger partial charge on any atom is -0.477 e. The van der Waals surface area contributed by atoms with E-state index in [1.54, 1.807) is 6.20 Å². The summed E-state index contributed by atoms with van der Waals surface area (Å²) in [4.78, 5) is 16.1. The molecule has 0 bridgehead atoms. The highest BCUT2D eigenvalue weighted by Gasteiger charge is 2.21. The van der Waals surface area contributed by atoms with Crippen LogP contribution in [0.15, 0.2) is 42.6 Å². The highest BCUT2D eigenvalue weighted by molar-refractivity contribution is 5.73. The Labute approximate surface area is 142 Å². The number of nitrogens with zero attached hydrogens (tertiary/aromatic N) is 1. The van der Waals surface area contributed by atoms with Gasteiger partial charge in [0.1, 0.15) is 0 Å². The lowest BCUT2D eigenvalue weighted by molar-refractivity contribution is 0.240. The molecule has 2 aromatic rings. The highest BCUT2D eigenvalue weighted by atomic mass is 16.5. The van der Waals surface area contributed by atoms with Crippen molar-refractivity contribution in [2.24, 2.45) is 5.92 Å². The fraction of sp³-hybridized carbons (Fsp3) is 0.368. The Morgan fingerprint density at radius 2 is 1.96 bits per heavy atom. The zero-order chi connectivity index (χ0) is 16.8. The van der Waals surface area contributed by atoms with Crippen LogP contribution in [-0.2, 0) is 13.1 Å². The van der Waals surface area contributed by atoms with Gasteiger partial charge in [-0.05, 0) is 36.8 Å². The Bertz CT molecular complexity index is 681. The summed E-state index contributed by atoms with van der Waals surface area (Å²) in [5, 5.41) is 5.68. The summed E-state index contributed by atoms with van der Waals surface area (Å²) in [5.74, 6) is 1.36. The van der Waals surface area contributed by atoms with E-state index in [9.17, 15) is 4.79 Å². The number of urea groups is 1.